The lowest BCUT2D eigenvalue weighted by atomic mass is 10.0. The van der Waals surface area contributed by atoms with Gasteiger partial charge in [-0.15, -0.1) is 0 Å². The SMILES string of the molecule is C=C(C(=O)OC)[C@H](O)c1ccc([N+](=O)[O-])cc1. The molecule has 0 unspecified atom stereocenters. The maximum Gasteiger partial charge on any atom is 0.336 e. The number of benzene rings is 1. The third-order valence-corrected chi connectivity index (χ3v) is 2.20. The van der Waals surface area contributed by atoms with Crippen LogP contribution in [0.4, 0.5) is 5.69 Å². The molecule has 1 N–H and O–H groups in total. The molecule has 0 aliphatic carbocycles. The summed E-state index contributed by atoms with van der Waals surface area (Å²) in [5.41, 5.74) is 0.122. The molecule has 0 radical (unpaired) electrons. The van der Waals surface area contributed by atoms with Gasteiger partial charge in [0.1, 0.15) is 6.10 Å². The Morgan fingerprint density at radius 1 is 1.47 bits per heavy atom. The first-order chi connectivity index (χ1) is 7.97. The van der Waals surface area contributed by atoms with Crippen LogP contribution >= 0.6 is 0 Å². The summed E-state index contributed by atoms with van der Waals surface area (Å²) in [6.07, 6.45) is -1.23. The number of nitrogens with zero attached hydrogens (tertiary/aromatic N) is 1. The maximum absolute atomic E-state index is 11.1. The number of esters is 1. The van der Waals surface area contributed by atoms with Gasteiger partial charge in [0, 0.05) is 12.1 Å². The number of aliphatic hydroxyl groups excluding tert-OH is 1. The molecule has 0 amide bonds. The first-order valence-corrected chi connectivity index (χ1v) is 4.67. The van der Waals surface area contributed by atoms with Gasteiger partial charge in [0.05, 0.1) is 17.6 Å². The second-order valence-electron chi connectivity index (χ2n) is 3.27. The van der Waals surface area contributed by atoms with Crippen molar-refractivity contribution in [2.45, 2.75) is 6.10 Å². The molecule has 0 saturated heterocycles. The number of rotatable bonds is 4. The van der Waals surface area contributed by atoms with Crippen LogP contribution in [0.5, 0.6) is 0 Å². The summed E-state index contributed by atoms with van der Waals surface area (Å²) >= 11 is 0. The first kappa shape index (κ1) is 12.9. The summed E-state index contributed by atoms with van der Waals surface area (Å²) in [5, 5.41) is 20.2. The Bertz CT molecular complexity index is 451. The van der Waals surface area contributed by atoms with Crippen LogP contribution in [0.3, 0.4) is 0 Å². The topological polar surface area (TPSA) is 89.7 Å². The normalized spacial score (nSPS) is 11.6. The predicted molar refractivity (Wildman–Crippen MR) is 59.2 cm³/mol. The molecule has 1 rings (SSSR count). The lowest BCUT2D eigenvalue weighted by molar-refractivity contribution is -0.384. The van der Waals surface area contributed by atoms with Gasteiger partial charge in [0.15, 0.2) is 0 Å². The summed E-state index contributed by atoms with van der Waals surface area (Å²) in [6, 6.07) is 5.19. The lowest BCUT2D eigenvalue weighted by Crippen LogP contribution is -2.11. The molecule has 6 heteroatoms. The average molecular weight is 237 g/mol. The molecule has 0 fully saturated rings. The Balaban J connectivity index is 2.90. The zero-order valence-corrected chi connectivity index (χ0v) is 9.12. The van der Waals surface area contributed by atoms with Gasteiger partial charge < -0.3 is 9.84 Å². The van der Waals surface area contributed by atoms with Crippen molar-refractivity contribution in [1.29, 1.82) is 0 Å². The summed E-state index contributed by atoms with van der Waals surface area (Å²) < 4.78 is 4.41. The molecule has 1 aromatic carbocycles. The van der Waals surface area contributed by atoms with E-state index in [0.717, 1.165) is 0 Å². The van der Waals surface area contributed by atoms with Crippen molar-refractivity contribution in [3.8, 4) is 0 Å². The zero-order valence-electron chi connectivity index (χ0n) is 9.12. The van der Waals surface area contributed by atoms with Crippen molar-refractivity contribution in [1.82, 2.24) is 0 Å². The molecule has 0 aliphatic heterocycles. The average Bonchev–Trinajstić information content (AvgIpc) is 2.36. The standard InChI is InChI=1S/C11H11NO5/c1-7(11(14)17-2)10(13)8-3-5-9(6-4-8)12(15)16/h3-6,10,13H,1H2,2H3/t10-/m0/s1. The molecule has 0 aliphatic rings. The van der Waals surface area contributed by atoms with Crippen LogP contribution in [0.1, 0.15) is 11.7 Å². The van der Waals surface area contributed by atoms with Crippen molar-refractivity contribution in [2.75, 3.05) is 7.11 Å². The number of aliphatic hydroxyl groups is 1. The van der Waals surface area contributed by atoms with Crippen molar-refractivity contribution < 1.29 is 19.6 Å². The van der Waals surface area contributed by atoms with Gasteiger partial charge >= 0.3 is 5.97 Å². The molecule has 0 aromatic heterocycles. The van der Waals surface area contributed by atoms with Crippen LogP contribution in [0, 0.1) is 10.1 Å². The Labute approximate surface area is 97.3 Å². The van der Waals surface area contributed by atoms with Crippen LogP contribution < -0.4 is 0 Å². The molecule has 17 heavy (non-hydrogen) atoms. The third kappa shape index (κ3) is 2.88. The third-order valence-electron chi connectivity index (χ3n) is 2.20. The summed E-state index contributed by atoms with van der Waals surface area (Å²) in [5.74, 6) is -0.726. The van der Waals surface area contributed by atoms with E-state index >= 15 is 0 Å². The highest BCUT2D eigenvalue weighted by atomic mass is 16.6. The van der Waals surface area contributed by atoms with Crippen molar-refractivity contribution >= 4 is 11.7 Å². The van der Waals surface area contributed by atoms with E-state index in [9.17, 15) is 20.0 Å². The van der Waals surface area contributed by atoms with Gasteiger partial charge in [-0.25, -0.2) is 4.79 Å². The van der Waals surface area contributed by atoms with Crippen LogP contribution in [0.2, 0.25) is 0 Å². The molecule has 0 saturated carbocycles. The minimum Gasteiger partial charge on any atom is -0.466 e. The zero-order chi connectivity index (χ0) is 13.0. The Hall–Kier alpha value is -2.21. The second kappa shape index (κ2) is 5.22. The Kier molecular flexibility index (Phi) is 3.95. The van der Waals surface area contributed by atoms with E-state index < -0.39 is 17.0 Å². The van der Waals surface area contributed by atoms with E-state index in [-0.39, 0.29) is 11.3 Å². The molecular weight excluding hydrogens is 226 g/mol. The Morgan fingerprint density at radius 3 is 2.41 bits per heavy atom. The van der Waals surface area contributed by atoms with Crippen molar-refractivity contribution in [2.24, 2.45) is 0 Å². The summed E-state index contributed by atoms with van der Waals surface area (Å²) in [6.45, 7) is 3.40. The van der Waals surface area contributed by atoms with Crippen molar-refractivity contribution in [3.63, 3.8) is 0 Å². The minimum atomic E-state index is -1.23. The first-order valence-electron chi connectivity index (χ1n) is 4.67. The van der Waals surface area contributed by atoms with Crippen LogP contribution in [0.25, 0.3) is 0 Å². The number of hydrogen-bond acceptors (Lipinski definition) is 5. The van der Waals surface area contributed by atoms with E-state index in [2.05, 4.69) is 11.3 Å². The van der Waals surface area contributed by atoms with Gasteiger partial charge in [0.25, 0.3) is 5.69 Å². The summed E-state index contributed by atoms with van der Waals surface area (Å²) in [7, 11) is 1.18. The largest absolute Gasteiger partial charge is 0.466 e. The van der Waals surface area contributed by atoms with Crippen molar-refractivity contribution in [3.05, 3.63) is 52.1 Å². The van der Waals surface area contributed by atoms with E-state index in [0.29, 0.717) is 5.56 Å². The van der Waals surface area contributed by atoms with Crippen LogP contribution in [-0.2, 0) is 9.53 Å². The van der Waals surface area contributed by atoms with E-state index in [1.165, 1.54) is 31.4 Å². The number of nitro benzene ring substituents is 1. The fraction of sp³-hybridized carbons (Fsp3) is 0.182. The molecular formula is C11H11NO5. The quantitative estimate of drug-likeness (QED) is 0.369. The molecule has 90 valence electrons. The second-order valence-corrected chi connectivity index (χ2v) is 3.27. The van der Waals surface area contributed by atoms with Crippen LogP contribution in [-0.4, -0.2) is 23.1 Å². The van der Waals surface area contributed by atoms with Gasteiger partial charge in [-0.2, -0.15) is 0 Å². The lowest BCUT2D eigenvalue weighted by Gasteiger charge is -2.11. The molecule has 1 atom stereocenters. The Morgan fingerprint density at radius 2 is 2.00 bits per heavy atom. The number of methoxy groups -OCH3 is 1. The smallest absolute Gasteiger partial charge is 0.336 e. The van der Waals surface area contributed by atoms with Crippen LogP contribution in [0.15, 0.2) is 36.4 Å². The number of carbonyl (C=O) groups excluding carboxylic acids is 1. The van der Waals surface area contributed by atoms with E-state index in [4.69, 9.17) is 0 Å². The number of non-ortho nitro benzene ring substituents is 1. The highest BCUT2D eigenvalue weighted by molar-refractivity contribution is 5.88. The van der Waals surface area contributed by atoms with Gasteiger partial charge in [0.2, 0.25) is 0 Å². The number of nitro groups is 1. The number of ether oxygens (including phenoxy) is 1. The molecule has 0 heterocycles. The molecule has 0 bridgehead atoms. The van der Waals surface area contributed by atoms with E-state index in [1.807, 2.05) is 0 Å². The molecule has 0 spiro atoms. The highest BCUT2D eigenvalue weighted by Crippen LogP contribution is 2.23. The van der Waals surface area contributed by atoms with Gasteiger partial charge in [-0.3, -0.25) is 10.1 Å². The monoisotopic (exact) mass is 237 g/mol. The van der Waals surface area contributed by atoms with Gasteiger partial charge in [-0.05, 0) is 17.7 Å². The van der Waals surface area contributed by atoms with E-state index in [1.54, 1.807) is 0 Å². The molecule has 1 aromatic rings. The number of carbonyl (C=O) groups is 1. The fourth-order valence-corrected chi connectivity index (χ4v) is 1.22. The van der Waals surface area contributed by atoms with Gasteiger partial charge in [-0.1, -0.05) is 6.58 Å². The minimum absolute atomic E-state index is 0.0929. The number of hydrogen-bond donors (Lipinski definition) is 1. The maximum atomic E-state index is 11.1. The summed E-state index contributed by atoms with van der Waals surface area (Å²) in [4.78, 5) is 21.0. The predicted octanol–water partition coefficient (Wildman–Crippen LogP) is 1.36. The fourth-order valence-electron chi connectivity index (χ4n) is 1.22. The highest BCUT2D eigenvalue weighted by Gasteiger charge is 2.19. The molecule has 6 nitrogen and oxygen atoms in total.